The zero-order valence-electron chi connectivity index (χ0n) is 10.5. The lowest BCUT2D eigenvalue weighted by molar-refractivity contribution is 0.0694. The molecular weight excluding hydrogens is 251 g/mol. The molecule has 0 fully saturated rings. The third-order valence-corrected chi connectivity index (χ3v) is 2.79. The molecular formula is C13H13FN2O3. The molecule has 0 amide bonds. The van der Waals surface area contributed by atoms with Gasteiger partial charge in [0.15, 0.2) is 0 Å². The van der Waals surface area contributed by atoms with Crippen LogP contribution in [-0.4, -0.2) is 20.9 Å². The smallest absolute Gasteiger partial charge is 0.343 e. The minimum atomic E-state index is -1.27. The highest BCUT2D eigenvalue weighted by atomic mass is 19.1. The van der Waals surface area contributed by atoms with E-state index < -0.39 is 17.3 Å². The Kier molecular flexibility index (Phi) is 3.25. The highest BCUT2D eigenvalue weighted by molar-refractivity contribution is 5.88. The van der Waals surface area contributed by atoms with Crippen molar-refractivity contribution in [2.75, 3.05) is 0 Å². The van der Waals surface area contributed by atoms with Crippen LogP contribution in [0.15, 0.2) is 29.1 Å². The Hall–Kier alpha value is -2.37. The Balaban J connectivity index is 2.66. The molecule has 0 atom stereocenters. The van der Waals surface area contributed by atoms with Crippen molar-refractivity contribution in [3.05, 3.63) is 51.7 Å². The lowest BCUT2D eigenvalue weighted by Gasteiger charge is -2.03. The van der Waals surface area contributed by atoms with Crippen molar-refractivity contribution in [3.63, 3.8) is 0 Å². The fourth-order valence-electron chi connectivity index (χ4n) is 1.85. The van der Waals surface area contributed by atoms with Crippen molar-refractivity contribution in [1.29, 1.82) is 0 Å². The van der Waals surface area contributed by atoms with E-state index in [1.807, 2.05) is 0 Å². The number of benzene rings is 1. The molecule has 0 aliphatic rings. The molecule has 2 N–H and O–H groups in total. The summed E-state index contributed by atoms with van der Waals surface area (Å²) in [6.45, 7) is 3.57. The van der Waals surface area contributed by atoms with Gasteiger partial charge in [0.05, 0.1) is 11.4 Å². The predicted molar refractivity (Wildman–Crippen MR) is 67.4 cm³/mol. The summed E-state index contributed by atoms with van der Waals surface area (Å²) in [6.07, 6.45) is 0. The molecule has 0 radical (unpaired) electrons. The molecule has 1 aromatic heterocycles. The molecule has 0 bridgehead atoms. The van der Waals surface area contributed by atoms with Gasteiger partial charge in [-0.3, -0.25) is 9.89 Å². The number of rotatable bonds is 3. The second-order valence-corrected chi connectivity index (χ2v) is 4.48. The number of nitrogens with one attached hydrogen (secondary N) is 1. The lowest BCUT2D eigenvalue weighted by atomic mass is 10.1. The first-order valence-corrected chi connectivity index (χ1v) is 5.76. The third-order valence-electron chi connectivity index (χ3n) is 2.79. The normalized spacial score (nSPS) is 10.9. The highest BCUT2D eigenvalue weighted by Crippen LogP contribution is 2.16. The van der Waals surface area contributed by atoms with Crippen LogP contribution in [0.1, 0.15) is 35.8 Å². The first kappa shape index (κ1) is 13.1. The quantitative estimate of drug-likeness (QED) is 0.891. The molecule has 100 valence electrons. The van der Waals surface area contributed by atoms with Crippen LogP contribution in [0.4, 0.5) is 4.39 Å². The monoisotopic (exact) mass is 264 g/mol. The Labute approximate surface area is 108 Å². The first-order valence-electron chi connectivity index (χ1n) is 5.76. The van der Waals surface area contributed by atoms with E-state index in [4.69, 9.17) is 5.11 Å². The third kappa shape index (κ3) is 2.29. The number of carboxylic acid groups (broad SMARTS) is 1. The van der Waals surface area contributed by atoms with Crippen LogP contribution in [0.2, 0.25) is 0 Å². The summed E-state index contributed by atoms with van der Waals surface area (Å²) in [6, 6.07) is 5.22. The number of aromatic carboxylic acids is 1. The summed E-state index contributed by atoms with van der Waals surface area (Å²) in [5.74, 6) is -1.84. The fourth-order valence-corrected chi connectivity index (χ4v) is 1.85. The van der Waals surface area contributed by atoms with E-state index in [1.54, 1.807) is 13.8 Å². The molecule has 0 aliphatic carbocycles. The van der Waals surface area contributed by atoms with Gasteiger partial charge in [-0.2, -0.15) is 0 Å². The summed E-state index contributed by atoms with van der Waals surface area (Å²) in [5, 5.41) is 11.9. The number of aromatic nitrogens is 2. The number of halogens is 1. The van der Waals surface area contributed by atoms with E-state index in [2.05, 4.69) is 5.10 Å². The topological polar surface area (TPSA) is 75.1 Å². The Morgan fingerprint density at radius 3 is 2.32 bits per heavy atom. The van der Waals surface area contributed by atoms with Crippen LogP contribution in [0.25, 0.3) is 5.69 Å². The van der Waals surface area contributed by atoms with E-state index in [1.165, 1.54) is 24.3 Å². The van der Waals surface area contributed by atoms with Gasteiger partial charge in [0.2, 0.25) is 0 Å². The molecule has 19 heavy (non-hydrogen) atoms. The Morgan fingerprint density at radius 1 is 1.32 bits per heavy atom. The van der Waals surface area contributed by atoms with Crippen molar-refractivity contribution >= 4 is 5.97 Å². The van der Waals surface area contributed by atoms with Gasteiger partial charge in [0.25, 0.3) is 5.56 Å². The summed E-state index contributed by atoms with van der Waals surface area (Å²) in [4.78, 5) is 23.2. The Bertz CT molecular complexity index is 668. The first-order chi connectivity index (χ1) is 8.91. The van der Waals surface area contributed by atoms with Crippen molar-refractivity contribution in [3.8, 4) is 5.69 Å². The van der Waals surface area contributed by atoms with Gasteiger partial charge in [-0.1, -0.05) is 13.8 Å². The number of hydrogen-bond acceptors (Lipinski definition) is 2. The summed E-state index contributed by atoms with van der Waals surface area (Å²) in [7, 11) is 0. The summed E-state index contributed by atoms with van der Waals surface area (Å²) < 4.78 is 14.0. The molecule has 0 unspecified atom stereocenters. The minimum absolute atomic E-state index is 0.138. The van der Waals surface area contributed by atoms with Crippen LogP contribution in [0.3, 0.4) is 0 Å². The fraction of sp³-hybridized carbons (Fsp3) is 0.231. The largest absolute Gasteiger partial charge is 0.477 e. The maximum atomic E-state index is 12.9. The van der Waals surface area contributed by atoms with Gasteiger partial charge in [-0.05, 0) is 30.2 Å². The molecule has 0 spiro atoms. The van der Waals surface area contributed by atoms with Gasteiger partial charge < -0.3 is 5.11 Å². The van der Waals surface area contributed by atoms with Crippen LogP contribution in [0.5, 0.6) is 0 Å². The zero-order valence-corrected chi connectivity index (χ0v) is 10.5. The lowest BCUT2D eigenvalue weighted by Crippen LogP contribution is -2.20. The number of aromatic amines is 1. The van der Waals surface area contributed by atoms with Crippen LogP contribution in [-0.2, 0) is 0 Å². The highest BCUT2D eigenvalue weighted by Gasteiger charge is 2.22. The van der Waals surface area contributed by atoms with Gasteiger partial charge in [0.1, 0.15) is 11.4 Å². The van der Waals surface area contributed by atoms with E-state index in [9.17, 15) is 14.0 Å². The second kappa shape index (κ2) is 4.72. The maximum absolute atomic E-state index is 12.9. The van der Waals surface area contributed by atoms with Gasteiger partial charge in [-0.25, -0.2) is 13.9 Å². The molecule has 0 aliphatic heterocycles. The number of carboxylic acids is 1. The van der Waals surface area contributed by atoms with Crippen LogP contribution < -0.4 is 5.56 Å². The minimum Gasteiger partial charge on any atom is -0.477 e. The van der Waals surface area contributed by atoms with E-state index in [0.717, 1.165) is 4.68 Å². The molecule has 0 saturated heterocycles. The van der Waals surface area contributed by atoms with Gasteiger partial charge in [0, 0.05) is 0 Å². The number of carbonyl (C=O) groups is 1. The van der Waals surface area contributed by atoms with Crippen LogP contribution >= 0.6 is 0 Å². The van der Waals surface area contributed by atoms with Crippen LogP contribution in [0, 0.1) is 5.82 Å². The van der Waals surface area contributed by atoms with Crippen molar-refractivity contribution in [2.24, 2.45) is 0 Å². The molecule has 5 nitrogen and oxygen atoms in total. The van der Waals surface area contributed by atoms with E-state index >= 15 is 0 Å². The average molecular weight is 264 g/mol. The second-order valence-electron chi connectivity index (χ2n) is 4.48. The number of H-pyrrole nitrogens is 1. The maximum Gasteiger partial charge on any atom is 0.343 e. The van der Waals surface area contributed by atoms with E-state index in [-0.39, 0.29) is 11.5 Å². The summed E-state index contributed by atoms with van der Waals surface area (Å²) >= 11 is 0. The molecule has 1 aromatic carbocycles. The van der Waals surface area contributed by atoms with Crippen molar-refractivity contribution in [1.82, 2.24) is 9.78 Å². The molecule has 6 heteroatoms. The average Bonchev–Trinajstić information content (AvgIpc) is 2.68. The Morgan fingerprint density at radius 2 is 1.89 bits per heavy atom. The molecule has 2 aromatic rings. The molecule has 2 rings (SSSR count). The van der Waals surface area contributed by atoms with E-state index in [0.29, 0.717) is 11.4 Å². The molecule has 0 saturated carbocycles. The predicted octanol–water partition coefficient (Wildman–Crippen LogP) is 2.13. The number of hydrogen-bond donors (Lipinski definition) is 2. The van der Waals surface area contributed by atoms with Gasteiger partial charge in [-0.15, -0.1) is 0 Å². The SMILES string of the molecule is CC(C)c1[nH]n(-c2ccc(F)cc2)c(=O)c1C(=O)O. The van der Waals surface area contributed by atoms with Crippen molar-refractivity contribution < 1.29 is 14.3 Å². The van der Waals surface area contributed by atoms with Crippen molar-refractivity contribution in [2.45, 2.75) is 19.8 Å². The molecule has 1 heterocycles. The number of nitrogens with zero attached hydrogens (tertiary/aromatic N) is 1. The summed E-state index contributed by atoms with van der Waals surface area (Å²) in [5.41, 5.74) is -0.190. The zero-order chi connectivity index (χ0) is 14.2. The van der Waals surface area contributed by atoms with Gasteiger partial charge >= 0.3 is 5.97 Å². The standard InChI is InChI=1S/C13H13FN2O3/c1-7(2)11-10(13(18)19)12(17)16(15-11)9-5-3-8(14)4-6-9/h3-7,15H,1-2H3,(H,18,19).